The van der Waals surface area contributed by atoms with Crippen LogP contribution in [0.2, 0.25) is 0 Å². The Morgan fingerprint density at radius 2 is 2.14 bits per heavy atom. The number of rotatable bonds is 6. The molecule has 0 radical (unpaired) electrons. The summed E-state index contributed by atoms with van der Waals surface area (Å²) in [5.74, 6) is 1.43. The highest BCUT2D eigenvalue weighted by Gasteiger charge is 2.13. The number of nitrogens with one attached hydrogen (secondary N) is 1. The van der Waals surface area contributed by atoms with E-state index in [2.05, 4.69) is 36.3 Å². The van der Waals surface area contributed by atoms with Crippen molar-refractivity contribution >= 4 is 0 Å². The van der Waals surface area contributed by atoms with Crippen molar-refractivity contribution in [3.05, 3.63) is 41.3 Å². The van der Waals surface area contributed by atoms with Crippen molar-refractivity contribution in [2.45, 2.75) is 39.7 Å². The molecule has 1 heterocycles. The molecule has 112 valence electrons. The van der Waals surface area contributed by atoms with E-state index in [1.807, 2.05) is 6.07 Å². The SMILES string of the molecule is CC(C)CNCc1coc(Oc2ccc3c(c2)CCC3)n1. The molecule has 1 aromatic carbocycles. The normalized spacial score (nSPS) is 13.7. The summed E-state index contributed by atoms with van der Waals surface area (Å²) in [7, 11) is 0. The van der Waals surface area contributed by atoms with E-state index in [1.165, 1.54) is 24.0 Å². The lowest BCUT2D eigenvalue weighted by Crippen LogP contribution is -2.19. The minimum absolute atomic E-state index is 0.314. The third kappa shape index (κ3) is 3.64. The number of benzene rings is 1. The fourth-order valence-corrected chi connectivity index (χ4v) is 2.62. The first kappa shape index (κ1) is 14.1. The standard InChI is InChI=1S/C17H22N2O2/c1-12(2)9-18-10-15-11-20-17(19-15)21-16-7-6-13-4-3-5-14(13)8-16/h6-8,11-12,18H,3-5,9-10H2,1-2H3. The molecular weight excluding hydrogens is 264 g/mol. The minimum atomic E-state index is 0.314. The second-order valence-corrected chi connectivity index (χ2v) is 6.02. The largest absolute Gasteiger partial charge is 0.417 e. The van der Waals surface area contributed by atoms with Crippen LogP contribution in [0.5, 0.6) is 11.8 Å². The summed E-state index contributed by atoms with van der Waals surface area (Å²) < 4.78 is 11.1. The van der Waals surface area contributed by atoms with Gasteiger partial charge in [-0.15, -0.1) is 0 Å². The van der Waals surface area contributed by atoms with Crippen molar-refractivity contribution in [2.75, 3.05) is 6.54 Å². The Kier molecular flexibility index (Phi) is 4.25. The Labute approximate surface area is 125 Å². The summed E-state index contributed by atoms with van der Waals surface area (Å²) in [6, 6.07) is 6.24. The highest BCUT2D eigenvalue weighted by atomic mass is 16.6. The highest BCUT2D eigenvalue weighted by Crippen LogP contribution is 2.28. The Hall–Kier alpha value is -1.81. The molecule has 0 spiro atoms. The van der Waals surface area contributed by atoms with Crippen molar-refractivity contribution < 1.29 is 9.15 Å². The smallest absolute Gasteiger partial charge is 0.399 e. The average molecular weight is 286 g/mol. The van der Waals surface area contributed by atoms with Crippen LogP contribution in [0.4, 0.5) is 0 Å². The average Bonchev–Trinajstić information content (AvgIpc) is 3.07. The molecular formula is C17H22N2O2. The van der Waals surface area contributed by atoms with Crippen molar-refractivity contribution in [2.24, 2.45) is 5.92 Å². The van der Waals surface area contributed by atoms with Crippen LogP contribution in [0.1, 0.15) is 37.1 Å². The van der Waals surface area contributed by atoms with Crippen molar-refractivity contribution in [3.8, 4) is 11.8 Å². The number of hydrogen-bond acceptors (Lipinski definition) is 4. The van der Waals surface area contributed by atoms with E-state index in [0.29, 0.717) is 18.5 Å². The number of fused-ring (bicyclic) bond motifs is 1. The topological polar surface area (TPSA) is 47.3 Å². The Morgan fingerprint density at radius 1 is 1.29 bits per heavy atom. The van der Waals surface area contributed by atoms with Gasteiger partial charge in [-0.05, 0) is 55.0 Å². The van der Waals surface area contributed by atoms with Gasteiger partial charge in [-0.25, -0.2) is 0 Å². The highest BCUT2D eigenvalue weighted by molar-refractivity contribution is 5.39. The van der Waals surface area contributed by atoms with Gasteiger partial charge in [0.25, 0.3) is 0 Å². The van der Waals surface area contributed by atoms with Crippen LogP contribution in [0, 0.1) is 5.92 Å². The van der Waals surface area contributed by atoms with Gasteiger partial charge in [0.05, 0.1) is 5.69 Å². The number of ether oxygens (including phenoxy) is 1. The lowest BCUT2D eigenvalue weighted by Gasteiger charge is -2.04. The zero-order valence-corrected chi connectivity index (χ0v) is 12.7. The van der Waals surface area contributed by atoms with Crippen LogP contribution in [-0.4, -0.2) is 11.5 Å². The number of aromatic nitrogens is 1. The van der Waals surface area contributed by atoms with Crippen molar-refractivity contribution in [3.63, 3.8) is 0 Å². The van der Waals surface area contributed by atoms with Crippen LogP contribution >= 0.6 is 0 Å². The van der Waals surface area contributed by atoms with Gasteiger partial charge in [0, 0.05) is 6.54 Å². The first-order chi connectivity index (χ1) is 10.2. The molecule has 1 aliphatic carbocycles. The summed E-state index contributed by atoms with van der Waals surface area (Å²) in [5, 5.41) is 3.33. The minimum Gasteiger partial charge on any atom is -0.417 e. The van der Waals surface area contributed by atoms with E-state index in [9.17, 15) is 0 Å². The van der Waals surface area contributed by atoms with Gasteiger partial charge in [0.15, 0.2) is 0 Å². The van der Waals surface area contributed by atoms with Crippen LogP contribution in [0.3, 0.4) is 0 Å². The van der Waals surface area contributed by atoms with E-state index in [4.69, 9.17) is 9.15 Å². The van der Waals surface area contributed by atoms with E-state index in [1.54, 1.807) is 6.26 Å². The molecule has 0 bridgehead atoms. The predicted octanol–water partition coefficient (Wildman–Crippen LogP) is 3.70. The summed E-state index contributed by atoms with van der Waals surface area (Å²) in [6.45, 7) is 6.03. The molecule has 3 rings (SSSR count). The first-order valence-corrected chi connectivity index (χ1v) is 7.65. The van der Waals surface area contributed by atoms with E-state index < -0.39 is 0 Å². The van der Waals surface area contributed by atoms with Gasteiger partial charge in [0.1, 0.15) is 12.0 Å². The van der Waals surface area contributed by atoms with Crippen LogP contribution < -0.4 is 10.1 Å². The molecule has 0 saturated heterocycles. The molecule has 1 aliphatic rings. The van der Waals surface area contributed by atoms with E-state index in [-0.39, 0.29) is 0 Å². The quantitative estimate of drug-likeness (QED) is 0.879. The molecule has 4 heteroatoms. The third-order valence-electron chi connectivity index (χ3n) is 3.66. The van der Waals surface area contributed by atoms with E-state index in [0.717, 1.165) is 24.4 Å². The molecule has 0 saturated carbocycles. The molecule has 0 atom stereocenters. The fraction of sp³-hybridized carbons (Fsp3) is 0.471. The summed E-state index contributed by atoms with van der Waals surface area (Å²) >= 11 is 0. The molecule has 0 unspecified atom stereocenters. The van der Waals surface area contributed by atoms with Crippen LogP contribution in [-0.2, 0) is 19.4 Å². The molecule has 2 aromatic rings. The third-order valence-corrected chi connectivity index (χ3v) is 3.66. The van der Waals surface area contributed by atoms with Gasteiger partial charge >= 0.3 is 6.08 Å². The maximum Gasteiger partial charge on any atom is 0.399 e. The van der Waals surface area contributed by atoms with Crippen molar-refractivity contribution in [1.29, 1.82) is 0 Å². The van der Waals surface area contributed by atoms with Crippen LogP contribution in [0.25, 0.3) is 0 Å². The lowest BCUT2D eigenvalue weighted by molar-refractivity contribution is 0.330. The fourth-order valence-electron chi connectivity index (χ4n) is 2.62. The summed E-state index contributed by atoms with van der Waals surface area (Å²) in [5.41, 5.74) is 3.69. The predicted molar refractivity (Wildman–Crippen MR) is 81.6 cm³/mol. The number of nitrogens with zero attached hydrogens (tertiary/aromatic N) is 1. The second kappa shape index (κ2) is 6.31. The molecule has 0 fully saturated rings. The van der Waals surface area contributed by atoms with Gasteiger partial charge in [-0.3, -0.25) is 0 Å². The first-order valence-electron chi connectivity index (χ1n) is 7.65. The maximum atomic E-state index is 5.71. The van der Waals surface area contributed by atoms with Crippen molar-refractivity contribution in [1.82, 2.24) is 10.3 Å². The lowest BCUT2D eigenvalue weighted by atomic mass is 10.1. The molecule has 0 amide bonds. The monoisotopic (exact) mass is 286 g/mol. The second-order valence-electron chi connectivity index (χ2n) is 6.02. The Balaban J connectivity index is 1.59. The number of hydrogen-bond donors (Lipinski definition) is 1. The molecule has 0 aliphatic heterocycles. The summed E-state index contributed by atoms with van der Waals surface area (Å²) in [6.07, 6.45) is 5.52. The molecule has 4 nitrogen and oxygen atoms in total. The number of oxazole rings is 1. The molecule has 1 aromatic heterocycles. The van der Waals surface area contributed by atoms with Gasteiger partial charge in [-0.1, -0.05) is 19.9 Å². The Morgan fingerprint density at radius 3 is 3.00 bits per heavy atom. The zero-order valence-electron chi connectivity index (χ0n) is 12.7. The van der Waals surface area contributed by atoms with Gasteiger partial charge < -0.3 is 14.5 Å². The van der Waals surface area contributed by atoms with Gasteiger partial charge in [0.2, 0.25) is 0 Å². The Bertz CT molecular complexity index is 605. The number of aryl methyl sites for hydroxylation is 2. The maximum absolute atomic E-state index is 5.71. The molecule has 21 heavy (non-hydrogen) atoms. The van der Waals surface area contributed by atoms with Crippen LogP contribution in [0.15, 0.2) is 28.9 Å². The molecule has 1 N–H and O–H groups in total. The van der Waals surface area contributed by atoms with Gasteiger partial charge in [-0.2, -0.15) is 4.98 Å². The van der Waals surface area contributed by atoms with E-state index >= 15 is 0 Å². The zero-order chi connectivity index (χ0) is 14.7. The summed E-state index contributed by atoms with van der Waals surface area (Å²) in [4.78, 5) is 4.34.